The van der Waals surface area contributed by atoms with E-state index in [1.807, 2.05) is 6.92 Å². The number of rotatable bonds is 4. The lowest BCUT2D eigenvalue weighted by molar-refractivity contribution is 0.0377. The average Bonchev–Trinajstić information content (AvgIpc) is 2.72. The third-order valence-electron chi connectivity index (χ3n) is 5.32. The Bertz CT molecular complexity index is 991. The molecule has 0 aromatic heterocycles. The van der Waals surface area contributed by atoms with Crippen LogP contribution in [-0.4, -0.2) is 39.1 Å². The Hall–Kier alpha value is -3.42. The molecule has 1 N–H and O–H groups in total. The zero-order valence-electron chi connectivity index (χ0n) is 16.6. The maximum Gasteiger partial charge on any atom is 0.337 e. The topological polar surface area (TPSA) is 86.3 Å². The molecule has 0 spiro atoms. The lowest BCUT2D eigenvalue weighted by atomic mass is 9.89. The summed E-state index contributed by atoms with van der Waals surface area (Å²) in [5.74, 6) is 1.27. The number of carbonyl (C=O) groups is 2. The minimum Gasteiger partial charge on any atom is -0.493 e. The van der Waals surface area contributed by atoms with E-state index in [-0.39, 0.29) is 12.1 Å². The van der Waals surface area contributed by atoms with Gasteiger partial charge in [0.05, 0.1) is 38.6 Å². The van der Waals surface area contributed by atoms with Gasteiger partial charge in [-0.15, -0.1) is 0 Å². The summed E-state index contributed by atoms with van der Waals surface area (Å²) in [6.45, 7) is 1.87. The van der Waals surface area contributed by atoms with Gasteiger partial charge in [-0.05, 0) is 37.3 Å². The minimum absolute atomic E-state index is 0.280. The molecule has 2 aliphatic heterocycles. The summed E-state index contributed by atoms with van der Waals surface area (Å²) >= 11 is 0. The van der Waals surface area contributed by atoms with Crippen LogP contribution in [0.5, 0.6) is 17.2 Å². The molecule has 8 nitrogen and oxygen atoms in total. The fraction of sp³-hybridized carbons (Fsp3) is 0.333. The van der Waals surface area contributed by atoms with Crippen molar-refractivity contribution < 1.29 is 28.5 Å². The van der Waals surface area contributed by atoms with Crippen LogP contribution in [0.1, 0.15) is 35.3 Å². The van der Waals surface area contributed by atoms with Crippen LogP contribution in [-0.2, 0) is 4.74 Å². The number of urea groups is 1. The zero-order chi connectivity index (χ0) is 20.8. The smallest absolute Gasteiger partial charge is 0.337 e. The van der Waals surface area contributed by atoms with E-state index in [2.05, 4.69) is 5.32 Å². The van der Waals surface area contributed by atoms with Crippen LogP contribution in [0.4, 0.5) is 10.5 Å². The standard InChI is InChI=1S/C21H22N2O6/c1-21-11-15(14-9-12(19(24)28-4)5-7-16(14)29-21)22-20(25)23(21)13-6-8-17(26-2)18(10-13)27-3/h5-10,15H,11H2,1-4H3,(H,22,25)/t15-,21-/m0/s1. The van der Waals surface area contributed by atoms with E-state index in [0.29, 0.717) is 34.9 Å². The van der Waals surface area contributed by atoms with Crippen LogP contribution in [0.2, 0.25) is 0 Å². The Morgan fingerprint density at radius 2 is 1.90 bits per heavy atom. The molecule has 29 heavy (non-hydrogen) atoms. The largest absolute Gasteiger partial charge is 0.493 e. The molecule has 152 valence electrons. The van der Waals surface area contributed by atoms with Crippen molar-refractivity contribution in [3.63, 3.8) is 0 Å². The molecule has 2 heterocycles. The summed E-state index contributed by atoms with van der Waals surface area (Å²) in [4.78, 5) is 26.5. The fourth-order valence-electron chi connectivity index (χ4n) is 3.97. The third kappa shape index (κ3) is 3.00. The Morgan fingerprint density at radius 3 is 2.59 bits per heavy atom. The zero-order valence-corrected chi connectivity index (χ0v) is 16.6. The summed E-state index contributed by atoms with van der Waals surface area (Å²) < 4.78 is 21.7. The van der Waals surface area contributed by atoms with Crippen molar-refractivity contribution in [1.82, 2.24) is 5.32 Å². The number of hydrogen-bond acceptors (Lipinski definition) is 6. The lowest BCUT2D eigenvalue weighted by Gasteiger charge is -2.50. The van der Waals surface area contributed by atoms with E-state index in [0.717, 1.165) is 5.56 Å². The number of amides is 2. The second-order valence-corrected chi connectivity index (χ2v) is 7.10. The number of ether oxygens (including phenoxy) is 4. The molecule has 2 bridgehead atoms. The van der Waals surface area contributed by atoms with E-state index >= 15 is 0 Å². The number of carbonyl (C=O) groups excluding carboxylic acids is 2. The molecule has 0 aliphatic carbocycles. The first-order valence-corrected chi connectivity index (χ1v) is 9.14. The van der Waals surface area contributed by atoms with E-state index in [1.54, 1.807) is 55.5 Å². The van der Waals surface area contributed by atoms with Gasteiger partial charge in [0, 0.05) is 18.1 Å². The number of nitrogens with zero attached hydrogens (tertiary/aromatic N) is 1. The molecule has 1 fully saturated rings. The Morgan fingerprint density at radius 1 is 1.14 bits per heavy atom. The SMILES string of the molecule is COC(=O)c1ccc2c(c1)[C@@H]1C[C@](C)(O2)N(c2ccc(OC)c(OC)c2)C(=O)N1. The highest BCUT2D eigenvalue weighted by atomic mass is 16.5. The van der Waals surface area contributed by atoms with Crippen molar-refractivity contribution >= 4 is 17.7 Å². The van der Waals surface area contributed by atoms with E-state index in [9.17, 15) is 9.59 Å². The first-order valence-electron chi connectivity index (χ1n) is 9.14. The Balaban J connectivity index is 1.74. The molecule has 0 saturated carbocycles. The summed E-state index contributed by atoms with van der Waals surface area (Å²) in [5, 5.41) is 3.01. The van der Waals surface area contributed by atoms with Crippen molar-refractivity contribution in [2.24, 2.45) is 0 Å². The molecule has 2 aromatic rings. The maximum atomic E-state index is 13.0. The monoisotopic (exact) mass is 398 g/mol. The Kier molecular flexibility index (Phi) is 4.49. The van der Waals surface area contributed by atoms with Crippen LogP contribution < -0.4 is 24.4 Å². The average molecular weight is 398 g/mol. The minimum atomic E-state index is -0.910. The van der Waals surface area contributed by atoms with Crippen LogP contribution in [0.3, 0.4) is 0 Å². The molecule has 2 aromatic carbocycles. The molecule has 2 atom stereocenters. The van der Waals surface area contributed by atoms with Crippen molar-refractivity contribution in [2.75, 3.05) is 26.2 Å². The van der Waals surface area contributed by atoms with Gasteiger partial charge in [0.1, 0.15) is 5.75 Å². The summed E-state index contributed by atoms with van der Waals surface area (Å²) in [6.07, 6.45) is 0.505. The second-order valence-electron chi connectivity index (χ2n) is 7.10. The summed E-state index contributed by atoms with van der Waals surface area (Å²) in [7, 11) is 4.43. The van der Waals surface area contributed by atoms with Gasteiger partial charge < -0.3 is 24.3 Å². The molecular formula is C21H22N2O6. The first kappa shape index (κ1) is 18.9. The summed E-state index contributed by atoms with van der Waals surface area (Å²) in [5.41, 5.74) is 0.878. The highest BCUT2D eigenvalue weighted by Crippen LogP contribution is 2.46. The van der Waals surface area contributed by atoms with Gasteiger partial charge in [0.15, 0.2) is 17.2 Å². The van der Waals surface area contributed by atoms with Gasteiger partial charge >= 0.3 is 12.0 Å². The van der Waals surface area contributed by atoms with Crippen molar-refractivity contribution in [2.45, 2.75) is 25.1 Å². The van der Waals surface area contributed by atoms with E-state index in [1.165, 1.54) is 7.11 Å². The van der Waals surface area contributed by atoms with Gasteiger partial charge in [0.25, 0.3) is 0 Å². The number of methoxy groups -OCH3 is 3. The van der Waals surface area contributed by atoms with Crippen molar-refractivity contribution in [3.8, 4) is 17.2 Å². The number of benzene rings is 2. The van der Waals surface area contributed by atoms with Crippen LogP contribution in [0.25, 0.3) is 0 Å². The normalized spacial score (nSPS) is 22.1. The molecule has 1 saturated heterocycles. The van der Waals surface area contributed by atoms with E-state index in [4.69, 9.17) is 18.9 Å². The molecule has 8 heteroatoms. The van der Waals surface area contributed by atoms with Gasteiger partial charge in [-0.3, -0.25) is 4.90 Å². The third-order valence-corrected chi connectivity index (χ3v) is 5.32. The number of esters is 1. The lowest BCUT2D eigenvalue weighted by Crippen LogP contribution is -2.65. The predicted molar refractivity (Wildman–Crippen MR) is 105 cm³/mol. The van der Waals surface area contributed by atoms with Crippen molar-refractivity contribution in [3.05, 3.63) is 47.5 Å². The highest BCUT2D eigenvalue weighted by molar-refractivity contribution is 5.95. The van der Waals surface area contributed by atoms with Crippen LogP contribution in [0, 0.1) is 0 Å². The van der Waals surface area contributed by atoms with Gasteiger partial charge in [-0.1, -0.05) is 0 Å². The van der Waals surface area contributed by atoms with E-state index < -0.39 is 11.7 Å². The molecular weight excluding hydrogens is 376 g/mol. The number of hydrogen-bond donors (Lipinski definition) is 1. The highest BCUT2D eigenvalue weighted by Gasteiger charge is 2.50. The molecule has 2 aliphatic rings. The number of anilines is 1. The number of fused-ring (bicyclic) bond motifs is 4. The van der Waals surface area contributed by atoms with Crippen LogP contribution >= 0.6 is 0 Å². The second kappa shape index (κ2) is 6.88. The molecule has 0 unspecified atom stereocenters. The maximum absolute atomic E-state index is 13.0. The fourth-order valence-corrected chi connectivity index (χ4v) is 3.97. The summed E-state index contributed by atoms with van der Waals surface area (Å²) in [6, 6.07) is 9.78. The van der Waals surface area contributed by atoms with Gasteiger partial charge in [-0.2, -0.15) is 0 Å². The quantitative estimate of drug-likeness (QED) is 0.796. The predicted octanol–water partition coefficient (Wildman–Crippen LogP) is 3.26. The first-order chi connectivity index (χ1) is 13.9. The molecule has 0 radical (unpaired) electrons. The van der Waals surface area contributed by atoms with Gasteiger partial charge in [0.2, 0.25) is 0 Å². The molecule has 2 amide bonds. The molecule has 4 rings (SSSR count). The van der Waals surface area contributed by atoms with Gasteiger partial charge in [-0.25, -0.2) is 9.59 Å². The van der Waals surface area contributed by atoms with Crippen LogP contribution in [0.15, 0.2) is 36.4 Å². The van der Waals surface area contributed by atoms with Crippen molar-refractivity contribution in [1.29, 1.82) is 0 Å². The number of nitrogens with one attached hydrogen (secondary N) is 1. The Labute approximate surface area is 168 Å².